The molecule has 0 aromatic heterocycles. The predicted molar refractivity (Wildman–Crippen MR) is 66.9 cm³/mol. The lowest BCUT2D eigenvalue weighted by Crippen LogP contribution is -2.01. The van der Waals surface area contributed by atoms with Gasteiger partial charge in [-0.05, 0) is 12.3 Å². The van der Waals surface area contributed by atoms with Gasteiger partial charge >= 0.3 is 5.97 Å². The van der Waals surface area contributed by atoms with E-state index in [9.17, 15) is 4.79 Å². The number of rotatable bonds is 9. The molecule has 90 valence electrons. The van der Waals surface area contributed by atoms with E-state index in [0.29, 0.717) is 6.42 Å². The van der Waals surface area contributed by atoms with Gasteiger partial charge in [-0.2, -0.15) is 0 Å². The summed E-state index contributed by atoms with van der Waals surface area (Å²) >= 11 is 3.47. The highest BCUT2D eigenvalue weighted by Crippen LogP contribution is 2.19. The van der Waals surface area contributed by atoms with Crippen LogP contribution < -0.4 is 0 Å². The minimum Gasteiger partial charge on any atom is -0.395 e. The van der Waals surface area contributed by atoms with Crippen LogP contribution in [0, 0.1) is 5.92 Å². The molecule has 0 fully saturated rings. The number of hydrogen-bond acceptors (Lipinski definition) is 3. The van der Waals surface area contributed by atoms with Crippen LogP contribution in [0.3, 0.4) is 0 Å². The first-order valence-corrected chi connectivity index (χ1v) is 6.45. The molecular weight excluding hydrogens is 208 g/mol. The highest BCUT2D eigenvalue weighted by molar-refractivity contribution is 7.75. The first-order chi connectivity index (χ1) is 7.24. The van der Waals surface area contributed by atoms with Crippen molar-refractivity contribution >= 4 is 18.9 Å². The van der Waals surface area contributed by atoms with E-state index in [1.54, 1.807) is 0 Å². The molecule has 0 aliphatic rings. The van der Waals surface area contributed by atoms with Gasteiger partial charge in [0.2, 0.25) is 0 Å². The lowest BCUT2D eigenvalue weighted by Gasteiger charge is -2.13. The van der Waals surface area contributed by atoms with E-state index < -0.39 is 0 Å². The molecule has 0 N–H and O–H groups in total. The van der Waals surface area contributed by atoms with E-state index in [4.69, 9.17) is 0 Å². The third-order valence-electron chi connectivity index (χ3n) is 2.89. The van der Waals surface area contributed by atoms with Gasteiger partial charge in [-0.1, -0.05) is 52.4 Å². The Bertz CT molecular complexity index is 160. The van der Waals surface area contributed by atoms with Crippen molar-refractivity contribution in [2.75, 3.05) is 0 Å². The van der Waals surface area contributed by atoms with Crippen molar-refractivity contribution in [3.63, 3.8) is 0 Å². The fraction of sp³-hybridized carbons (Fsp3) is 0.917. The van der Waals surface area contributed by atoms with Crippen molar-refractivity contribution in [3.8, 4) is 0 Å². The lowest BCUT2D eigenvalue weighted by atomic mass is 9.93. The summed E-state index contributed by atoms with van der Waals surface area (Å²) < 4.78 is 4.30. The molecule has 0 bridgehead atoms. The van der Waals surface area contributed by atoms with Crippen LogP contribution in [0.5, 0.6) is 0 Å². The molecule has 2 nitrogen and oxygen atoms in total. The summed E-state index contributed by atoms with van der Waals surface area (Å²) in [4.78, 5) is 10.8. The largest absolute Gasteiger partial charge is 0.395 e. The Morgan fingerprint density at radius 3 is 2.40 bits per heavy atom. The Balaban J connectivity index is 3.41. The van der Waals surface area contributed by atoms with Crippen LogP contribution in [0.25, 0.3) is 0 Å². The van der Waals surface area contributed by atoms with Gasteiger partial charge < -0.3 is 4.18 Å². The first-order valence-electron chi connectivity index (χ1n) is 6.08. The number of carbonyl (C=O) groups is 1. The van der Waals surface area contributed by atoms with Gasteiger partial charge in [0.15, 0.2) is 0 Å². The molecule has 0 saturated carbocycles. The molecule has 15 heavy (non-hydrogen) atoms. The van der Waals surface area contributed by atoms with E-state index in [1.807, 2.05) is 0 Å². The molecule has 0 spiro atoms. The number of unbranched alkanes of at least 4 members (excludes halogenated alkanes) is 2. The van der Waals surface area contributed by atoms with E-state index >= 15 is 0 Å². The summed E-state index contributed by atoms with van der Waals surface area (Å²) in [5, 5.41) is 0. The zero-order chi connectivity index (χ0) is 11.5. The molecule has 0 aromatic carbocycles. The van der Waals surface area contributed by atoms with Crippen LogP contribution >= 0.6 is 12.9 Å². The normalized spacial score (nSPS) is 12.5. The average molecular weight is 232 g/mol. The van der Waals surface area contributed by atoms with Gasteiger partial charge in [-0.15, -0.1) is 0 Å². The second-order valence-corrected chi connectivity index (χ2v) is 4.31. The molecule has 1 unspecified atom stereocenters. The summed E-state index contributed by atoms with van der Waals surface area (Å²) in [6.07, 6.45) is 9.03. The van der Waals surface area contributed by atoms with E-state index in [-0.39, 0.29) is 5.97 Å². The van der Waals surface area contributed by atoms with E-state index in [0.717, 1.165) is 18.8 Å². The Hall–Kier alpha value is -0.180. The summed E-state index contributed by atoms with van der Waals surface area (Å²) in [6, 6.07) is 0. The van der Waals surface area contributed by atoms with Crippen molar-refractivity contribution < 1.29 is 8.98 Å². The SMILES string of the molecule is CCCCC(CC)CCCCC(=O)OS. The topological polar surface area (TPSA) is 26.3 Å². The van der Waals surface area contributed by atoms with Gasteiger partial charge in [0, 0.05) is 19.3 Å². The maximum absolute atomic E-state index is 10.8. The van der Waals surface area contributed by atoms with Crippen LogP contribution in [-0.2, 0) is 8.98 Å². The van der Waals surface area contributed by atoms with Crippen LogP contribution in [-0.4, -0.2) is 5.97 Å². The van der Waals surface area contributed by atoms with Crippen molar-refractivity contribution in [1.29, 1.82) is 0 Å². The third-order valence-corrected chi connectivity index (χ3v) is 3.09. The molecule has 0 amide bonds. The highest BCUT2D eigenvalue weighted by atomic mass is 32.1. The Labute approximate surface area is 99.4 Å². The molecule has 0 aliphatic carbocycles. The minimum absolute atomic E-state index is 0.208. The van der Waals surface area contributed by atoms with Crippen LogP contribution in [0.2, 0.25) is 0 Å². The zero-order valence-corrected chi connectivity index (χ0v) is 10.9. The molecule has 0 saturated heterocycles. The molecular formula is C12H24O2S. The van der Waals surface area contributed by atoms with Gasteiger partial charge in [-0.3, -0.25) is 4.79 Å². The van der Waals surface area contributed by atoms with Crippen molar-refractivity contribution in [2.45, 2.75) is 65.2 Å². The minimum atomic E-state index is -0.208. The van der Waals surface area contributed by atoms with Crippen molar-refractivity contribution in [2.24, 2.45) is 5.92 Å². The van der Waals surface area contributed by atoms with E-state index in [1.165, 1.54) is 32.1 Å². The molecule has 0 aromatic rings. The molecule has 0 rings (SSSR count). The lowest BCUT2D eigenvalue weighted by molar-refractivity contribution is -0.133. The second kappa shape index (κ2) is 10.3. The maximum atomic E-state index is 10.8. The Kier molecular flexibility index (Phi) is 10.2. The van der Waals surface area contributed by atoms with Crippen LogP contribution in [0.1, 0.15) is 65.2 Å². The fourth-order valence-electron chi connectivity index (χ4n) is 1.79. The highest BCUT2D eigenvalue weighted by Gasteiger charge is 2.06. The predicted octanol–water partition coefficient (Wildman–Crippen LogP) is 4.15. The quantitative estimate of drug-likeness (QED) is 0.367. The smallest absolute Gasteiger partial charge is 0.317 e. The van der Waals surface area contributed by atoms with Crippen LogP contribution in [0.4, 0.5) is 0 Å². The summed E-state index contributed by atoms with van der Waals surface area (Å²) in [7, 11) is 0. The van der Waals surface area contributed by atoms with E-state index in [2.05, 4.69) is 30.9 Å². The molecule has 3 heteroatoms. The third kappa shape index (κ3) is 8.79. The molecule has 0 aliphatic heterocycles. The second-order valence-electron chi connectivity index (χ2n) is 4.13. The maximum Gasteiger partial charge on any atom is 0.317 e. The van der Waals surface area contributed by atoms with Crippen molar-refractivity contribution in [1.82, 2.24) is 0 Å². The molecule has 0 radical (unpaired) electrons. The van der Waals surface area contributed by atoms with Gasteiger partial charge in [0.25, 0.3) is 0 Å². The molecule has 1 atom stereocenters. The van der Waals surface area contributed by atoms with Gasteiger partial charge in [0.1, 0.15) is 0 Å². The number of carbonyl (C=O) groups excluding carboxylic acids is 1. The van der Waals surface area contributed by atoms with Gasteiger partial charge in [0.05, 0.1) is 0 Å². The fourth-order valence-corrected chi connectivity index (χ4v) is 1.88. The first kappa shape index (κ1) is 14.8. The Morgan fingerprint density at radius 2 is 1.87 bits per heavy atom. The summed E-state index contributed by atoms with van der Waals surface area (Å²) in [5.41, 5.74) is 0. The zero-order valence-electron chi connectivity index (χ0n) is 10.00. The number of hydrogen-bond donors (Lipinski definition) is 1. The van der Waals surface area contributed by atoms with Crippen molar-refractivity contribution in [3.05, 3.63) is 0 Å². The summed E-state index contributed by atoms with van der Waals surface area (Å²) in [6.45, 7) is 4.48. The standard InChI is InChI=1S/C12H24O2S/c1-3-5-8-11(4-2)9-6-7-10-12(13)14-15/h11,15H,3-10H2,1-2H3. The van der Waals surface area contributed by atoms with Gasteiger partial charge in [-0.25, -0.2) is 0 Å². The van der Waals surface area contributed by atoms with Crippen LogP contribution in [0.15, 0.2) is 0 Å². The molecule has 0 heterocycles. The number of thiol groups is 1. The average Bonchev–Trinajstić information content (AvgIpc) is 2.27. The Morgan fingerprint density at radius 1 is 1.20 bits per heavy atom. The summed E-state index contributed by atoms with van der Waals surface area (Å²) in [5.74, 6) is 0.636. The monoisotopic (exact) mass is 232 g/mol.